The van der Waals surface area contributed by atoms with Crippen molar-refractivity contribution < 1.29 is 4.39 Å². The second kappa shape index (κ2) is 5.74. The van der Waals surface area contributed by atoms with Crippen molar-refractivity contribution in [3.8, 4) is 0 Å². The lowest BCUT2D eigenvalue weighted by molar-refractivity contribution is 0.624. The normalized spacial score (nSPS) is 12.4. The van der Waals surface area contributed by atoms with E-state index in [1.165, 1.54) is 12.1 Å². The van der Waals surface area contributed by atoms with Gasteiger partial charge < -0.3 is 0 Å². The minimum absolute atomic E-state index is 0.0440. The van der Waals surface area contributed by atoms with Gasteiger partial charge in [-0.05, 0) is 35.9 Å². The summed E-state index contributed by atoms with van der Waals surface area (Å²) in [5, 5.41) is 0. The molecule has 1 unspecified atom stereocenters. The molecule has 0 radical (unpaired) electrons. The Morgan fingerprint density at radius 3 is 2.76 bits per heavy atom. The smallest absolute Gasteiger partial charge is 0.123 e. The fourth-order valence-corrected chi connectivity index (χ4v) is 3.11. The van der Waals surface area contributed by atoms with Gasteiger partial charge in [0.25, 0.3) is 0 Å². The van der Waals surface area contributed by atoms with Crippen molar-refractivity contribution in [2.75, 3.05) is 0 Å². The third-order valence-electron chi connectivity index (χ3n) is 2.41. The van der Waals surface area contributed by atoms with Crippen LogP contribution in [-0.2, 0) is 6.42 Å². The Hall–Kier alpha value is -0.740. The molecule has 2 rings (SSSR count). The monoisotopic (exact) mass is 357 g/mol. The first-order chi connectivity index (χ1) is 8.16. The zero-order chi connectivity index (χ0) is 12.3. The predicted molar refractivity (Wildman–Crippen MR) is 73.7 cm³/mol. The minimum Gasteiger partial charge on any atom is -0.261 e. The van der Waals surface area contributed by atoms with Crippen molar-refractivity contribution in [2.24, 2.45) is 0 Å². The van der Waals surface area contributed by atoms with Crippen molar-refractivity contribution in [1.29, 1.82) is 0 Å². The summed E-state index contributed by atoms with van der Waals surface area (Å²) < 4.78 is 14.1. The van der Waals surface area contributed by atoms with Gasteiger partial charge in [0, 0.05) is 27.6 Å². The first-order valence-electron chi connectivity index (χ1n) is 5.16. The van der Waals surface area contributed by atoms with Gasteiger partial charge in [0.2, 0.25) is 0 Å². The molecule has 1 nitrogen and oxygen atoms in total. The van der Waals surface area contributed by atoms with E-state index in [2.05, 4.69) is 36.8 Å². The molecule has 0 spiro atoms. The molecule has 0 saturated heterocycles. The van der Waals surface area contributed by atoms with Crippen LogP contribution in [0.2, 0.25) is 0 Å². The van der Waals surface area contributed by atoms with Crippen molar-refractivity contribution in [1.82, 2.24) is 4.98 Å². The number of halogens is 3. The summed E-state index contributed by atoms with van der Waals surface area (Å²) in [7, 11) is 0. The van der Waals surface area contributed by atoms with E-state index in [9.17, 15) is 4.39 Å². The molecule has 0 fully saturated rings. The van der Waals surface area contributed by atoms with E-state index in [4.69, 9.17) is 0 Å². The Morgan fingerprint density at radius 1 is 1.24 bits per heavy atom. The quantitative estimate of drug-likeness (QED) is 0.727. The maximum atomic E-state index is 13.2. The number of pyridine rings is 1. The second-order valence-corrected chi connectivity index (χ2v) is 5.62. The molecule has 1 heterocycles. The highest BCUT2D eigenvalue weighted by molar-refractivity contribution is 9.11. The van der Waals surface area contributed by atoms with E-state index in [0.717, 1.165) is 22.2 Å². The topological polar surface area (TPSA) is 12.9 Å². The van der Waals surface area contributed by atoms with E-state index in [1.807, 2.05) is 18.2 Å². The Labute approximate surface area is 116 Å². The summed E-state index contributed by atoms with van der Waals surface area (Å²) in [6, 6.07) is 10.5. The molecule has 1 aromatic heterocycles. The van der Waals surface area contributed by atoms with Gasteiger partial charge in [-0.3, -0.25) is 4.98 Å². The van der Waals surface area contributed by atoms with Gasteiger partial charge in [-0.15, -0.1) is 0 Å². The largest absolute Gasteiger partial charge is 0.261 e. The average Bonchev–Trinajstić information content (AvgIpc) is 2.33. The van der Waals surface area contributed by atoms with Crippen LogP contribution in [0.1, 0.15) is 16.1 Å². The maximum absolute atomic E-state index is 13.2. The van der Waals surface area contributed by atoms with Gasteiger partial charge in [-0.25, -0.2) is 4.39 Å². The van der Waals surface area contributed by atoms with E-state index >= 15 is 0 Å². The lowest BCUT2D eigenvalue weighted by Gasteiger charge is -2.11. The van der Waals surface area contributed by atoms with Crippen LogP contribution in [0.5, 0.6) is 0 Å². The van der Waals surface area contributed by atoms with Gasteiger partial charge in [-0.1, -0.05) is 37.9 Å². The molecule has 0 N–H and O–H groups in total. The zero-order valence-electron chi connectivity index (χ0n) is 8.91. The molecule has 0 aliphatic carbocycles. The highest BCUT2D eigenvalue weighted by Crippen LogP contribution is 2.32. The number of hydrogen-bond donors (Lipinski definition) is 0. The minimum atomic E-state index is -0.228. The summed E-state index contributed by atoms with van der Waals surface area (Å²) in [6.45, 7) is 0. The van der Waals surface area contributed by atoms with Crippen LogP contribution in [0.3, 0.4) is 0 Å². The van der Waals surface area contributed by atoms with E-state index < -0.39 is 0 Å². The third-order valence-corrected chi connectivity index (χ3v) is 3.95. The second-order valence-electron chi connectivity index (χ2n) is 3.66. The molecule has 0 aliphatic heterocycles. The molecule has 0 aliphatic rings. The lowest BCUT2D eigenvalue weighted by Crippen LogP contribution is -1.99. The summed E-state index contributed by atoms with van der Waals surface area (Å²) in [6.07, 6.45) is 2.48. The summed E-state index contributed by atoms with van der Waals surface area (Å²) in [5.74, 6) is -0.228. The first-order valence-corrected chi connectivity index (χ1v) is 6.86. The zero-order valence-corrected chi connectivity index (χ0v) is 12.1. The SMILES string of the molecule is Fc1ccc(Br)c(C(Br)Cc2ccccn2)c1. The summed E-state index contributed by atoms with van der Waals surface area (Å²) >= 11 is 7.00. The fourth-order valence-electron chi connectivity index (χ4n) is 1.57. The van der Waals surface area contributed by atoms with Crippen LogP contribution in [0, 0.1) is 5.82 Å². The number of alkyl halides is 1. The molecule has 0 amide bonds. The molecular formula is C13H10Br2FN. The Kier molecular flexibility index (Phi) is 4.29. The van der Waals surface area contributed by atoms with Crippen LogP contribution in [0.4, 0.5) is 4.39 Å². The number of nitrogens with zero attached hydrogens (tertiary/aromatic N) is 1. The van der Waals surface area contributed by atoms with Gasteiger partial charge in [-0.2, -0.15) is 0 Å². The van der Waals surface area contributed by atoms with Crippen LogP contribution in [0.25, 0.3) is 0 Å². The predicted octanol–water partition coefficient (Wildman–Crippen LogP) is 4.66. The maximum Gasteiger partial charge on any atom is 0.123 e. The molecule has 17 heavy (non-hydrogen) atoms. The fraction of sp³-hybridized carbons (Fsp3) is 0.154. The van der Waals surface area contributed by atoms with E-state index in [1.54, 1.807) is 12.3 Å². The van der Waals surface area contributed by atoms with Gasteiger partial charge in [0.05, 0.1) is 0 Å². The van der Waals surface area contributed by atoms with Crippen LogP contribution < -0.4 is 0 Å². The summed E-state index contributed by atoms with van der Waals surface area (Å²) in [5.41, 5.74) is 1.88. The Balaban J connectivity index is 2.20. The van der Waals surface area contributed by atoms with E-state index in [0.29, 0.717) is 0 Å². The van der Waals surface area contributed by atoms with Crippen LogP contribution >= 0.6 is 31.9 Å². The number of aromatic nitrogens is 1. The Morgan fingerprint density at radius 2 is 2.06 bits per heavy atom. The van der Waals surface area contributed by atoms with Crippen molar-refractivity contribution in [3.05, 3.63) is 64.1 Å². The lowest BCUT2D eigenvalue weighted by atomic mass is 10.1. The molecular weight excluding hydrogens is 349 g/mol. The number of rotatable bonds is 3. The van der Waals surface area contributed by atoms with Crippen LogP contribution in [-0.4, -0.2) is 4.98 Å². The summed E-state index contributed by atoms with van der Waals surface area (Å²) in [4.78, 5) is 4.30. The number of benzene rings is 1. The van der Waals surface area contributed by atoms with Crippen molar-refractivity contribution in [2.45, 2.75) is 11.2 Å². The van der Waals surface area contributed by atoms with Gasteiger partial charge in [0.1, 0.15) is 5.82 Å². The van der Waals surface area contributed by atoms with Gasteiger partial charge in [0.15, 0.2) is 0 Å². The molecule has 1 atom stereocenters. The molecule has 4 heteroatoms. The third kappa shape index (κ3) is 3.36. The van der Waals surface area contributed by atoms with Crippen molar-refractivity contribution in [3.63, 3.8) is 0 Å². The van der Waals surface area contributed by atoms with E-state index in [-0.39, 0.29) is 10.6 Å². The highest BCUT2D eigenvalue weighted by Gasteiger charge is 2.13. The molecule has 2 aromatic rings. The highest BCUT2D eigenvalue weighted by atomic mass is 79.9. The Bertz CT molecular complexity index is 502. The average molecular weight is 359 g/mol. The number of hydrogen-bond acceptors (Lipinski definition) is 1. The molecule has 0 bridgehead atoms. The molecule has 1 aromatic carbocycles. The standard InChI is InChI=1S/C13H10Br2FN/c14-12-5-4-9(16)7-11(12)13(15)8-10-3-1-2-6-17-10/h1-7,13H,8H2. The molecule has 88 valence electrons. The first kappa shape index (κ1) is 12.7. The van der Waals surface area contributed by atoms with Crippen molar-refractivity contribution >= 4 is 31.9 Å². The molecule has 0 saturated carbocycles. The van der Waals surface area contributed by atoms with Crippen LogP contribution in [0.15, 0.2) is 47.1 Å². The van der Waals surface area contributed by atoms with Gasteiger partial charge >= 0.3 is 0 Å².